The molecule has 11 heteroatoms. The predicted molar refractivity (Wildman–Crippen MR) is 208 cm³/mol. The molecule has 1 heterocycles. The molecule has 0 spiro atoms. The van der Waals surface area contributed by atoms with Crippen LogP contribution in [-0.2, 0) is 16.1 Å². The molecule has 0 unspecified atom stereocenters. The third kappa shape index (κ3) is 11.1. The fourth-order valence-electron chi connectivity index (χ4n) is 6.31. The molecule has 5 rings (SSSR count). The number of hydrogen-bond donors (Lipinski definition) is 4. The molecule has 0 saturated carbocycles. The number of carbonyl (C=O) groups excluding carboxylic acids is 3. The maximum Gasteiger partial charge on any atom is 0.258 e. The number of ether oxygens (including phenoxy) is 2. The molecule has 0 saturated heterocycles. The number of rotatable bonds is 16. The lowest BCUT2D eigenvalue weighted by atomic mass is 9.98. The van der Waals surface area contributed by atoms with Gasteiger partial charge in [-0.25, -0.2) is 0 Å². The zero-order valence-corrected chi connectivity index (χ0v) is 30.8. The molecule has 3 atom stereocenters. The van der Waals surface area contributed by atoms with Gasteiger partial charge in [-0.3, -0.25) is 19.3 Å². The number of nitrogens with one attached hydrogen (secondary N) is 2. The molecule has 0 radical (unpaired) electrons. The van der Waals surface area contributed by atoms with Crippen LogP contribution in [0.5, 0.6) is 17.2 Å². The first-order valence-electron chi connectivity index (χ1n) is 18.3. The van der Waals surface area contributed by atoms with Gasteiger partial charge in [-0.2, -0.15) is 0 Å². The highest BCUT2D eigenvalue weighted by molar-refractivity contribution is 6.01. The van der Waals surface area contributed by atoms with E-state index in [-0.39, 0.29) is 42.8 Å². The number of likely N-dealkylation sites (N-methyl/N-ethyl adjacent to an activating group) is 1. The average Bonchev–Trinajstić information content (AvgIpc) is 3.15. The summed E-state index contributed by atoms with van der Waals surface area (Å²) in [7, 11) is 2.03. The summed E-state index contributed by atoms with van der Waals surface area (Å²) in [5.74, 6) is 1.17. The van der Waals surface area contributed by atoms with Crippen LogP contribution in [0.1, 0.15) is 61.9 Å². The monoisotopic (exact) mass is 721 g/mol. The zero-order valence-electron chi connectivity index (χ0n) is 30.8. The van der Waals surface area contributed by atoms with E-state index in [4.69, 9.17) is 15.2 Å². The average molecular weight is 722 g/mol. The Balaban J connectivity index is 1.21. The van der Waals surface area contributed by atoms with Crippen LogP contribution in [0.2, 0.25) is 0 Å². The largest absolute Gasteiger partial charge is 0.486 e. The fraction of sp³-hybridized carbons (Fsp3) is 0.357. The summed E-state index contributed by atoms with van der Waals surface area (Å²) in [5, 5.41) is 15.9. The first kappa shape index (κ1) is 38.8. The quantitative estimate of drug-likeness (QED) is 0.0719. The molecule has 0 aliphatic carbocycles. The van der Waals surface area contributed by atoms with Crippen molar-refractivity contribution in [1.82, 2.24) is 9.80 Å². The molecule has 1 aliphatic heterocycles. The van der Waals surface area contributed by atoms with Crippen molar-refractivity contribution in [3.63, 3.8) is 0 Å². The molecule has 280 valence electrons. The van der Waals surface area contributed by atoms with Gasteiger partial charge in [0.15, 0.2) is 5.75 Å². The van der Waals surface area contributed by atoms with Crippen molar-refractivity contribution < 1.29 is 29.0 Å². The summed E-state index contributed by atoms with van der Waals surface area (Å²) in [6, 6.07) is 29.5. The summed E-state index contributed by atoms with van der Waals surface area (Å²) >= 11 is 0. The Kier molecular flexibility index (Phi) is 13.9. The van der Waals surface area contributed by atoms with Crippen LogP contribution in [0.4, 0.5) is 17.1 Å². The Morgan fingerprint density at radius 3 is 2.19 bits per heavy atom. The number of fused-ring (bicyclic) bond motifs is 1. The van der Waals surface area contributed by atoms with E-state index in [1.54, 1.807) is 35.2 Å². The predicted octanol–water partition coefficient (Wildman–Crippen LogP) is 6.94. The second-order valence-electron chi connectivity index (χ2n) is 13.8. The smallest absolute Gasteiger partial charge is 0.258 e. The van der Waals surface area contributed by atoms with E-state index < -0.39 is 6.04 Å². The SMILES string of the molecule is C[C@H]1CN([C@@H](C)CO)C(=O)c2cccc(NC(=O)CCCCCC(=O)Nc3ccccc3N)c2O[C@H]1CN(C)Cc1ccc(Oc2ccccc2)cc1. The van der Waals surface area contributed by atoms with Crippen molar-refractivity contribution in [1.29, 1.82) is 0 Å². The molecule has 4 aromatic carbocycles. The maximum absolute atomic E-state index is 13.9. The highest BCUT2D eigenvalue weighted by Gasteiger charge is 2.34. The Bertz CT molecular complexity index is 1820. The van der Waals surface area contributed by atoms with Gasteiger partial charge in [-0.05, 0) is 80.9 Å². The van der Waals surface area contributed by atoms with Gasteiger partial charge < -0.3 is 35.8 Å². The van der Waals surface area contributed by atoms with E-state index in [0.29, 0.717) is 73.7 Å². The topological polar surface area (TPSA) is 146 Å². The summed E-state index contributed by atoms with van der Waals surface area (Å²) in [5.41, 5.74) is 8.88. The molecule has 0 bridgehead atoms. The standard InChI is InChI=1S/C42H51N5O6/c1-29-25-47(30(2)28-48)42(51)34-15-12-18-37(45-40(50)20-9-5-8-19-39(49)44-36-17-11-10-16-35(36)43)41(34)53-38(29)27-46(3)26-31-21-23-33(24-22-31)52-32-13-6-4-7-14-32/h4,6-7,10-18,21-24,29-30,38,48H,5,8-9,19-20,25-28,43H2,1-3H3,(H,44,49)(H,45,50)/t29-,30-,38-/m0/s1. The Morgan fingerprint density at radius 1 is 0.887 bits per heavy atom. The third-order valence-electron chi connectivity index (χ3n) is 9.35. The summed E-state index contributed by atoms with van der Waals surface area (Å²) in [4.78, 5) is 43.3. The number of para-hydroxylation sites is 4. The van der Waals surface area contributed by atoms with Crippen LogP contribution >= 0.6 is 0 Å². The van der Waals surface area contributed by atoms with Crippen LogP contribution in [-0.4, -0.2) is 71.5 Å². The lowest BCUT2D eigenvalue weighted by molar-refractivity contribution is -0.116. The first-order chi connectivity index (χ1) is 25.6. The van der Waals surface area contributed by atoms with Crippen LogP contribution in [0.3, 0.4) is 0 Å². The van der Waals surface area contributed by atoms with Crippen molar-refractivity contribution in [2.24, 2.45) is 5.92 Å². The summed E-state index contributed by atoms with van der Waals surface area (Å²) in [6.45, 7) is 5.29. The number of benzene rings is 4. The molecule has 5 N–H and O–H groups in total. The number of nitrogens with two attached hydrogens (primary N) is 1. The van der Waals surface area contributed by atoms with Gasteiger partial charge in [0.25, 0.3) is 5.91 Å². The van der Waals surface area contributed by atoms with Gasteiger partial charge in [0.05, 0.1) is 35.3 Å². The first-order valence-corrected chi connectivity index (χ1v) is 18.3. The number of amides is 3. The van der Waals surface area contributed by atoms with Crippen molar-refractivity contribution in [2.75, 3.05) is 43.1 Å². The lowest BCUT2D eigenvalue weighted by Gasteiger charge is -2.38. The minimum absolute atomic E-state index is 0.0931. The molecule has 3 amide bonds. The van der Waals surface area contributed by atoms with Crippen LogP contribution in [0.25, 0.3) is 0 Å². The molecular weight excluding hydrogens is 670 g/mol. The zero-order chi connectivity index (χ0) is 37.7. The van der Waals surface area contributed by atoms with Gasteiger partial charge in [-0.1, -0.05) is 61.9 Å². The Morgan fingerprint density at radius 2 is 1.51 bits per heavy atom. The second-order valence-corrected chi connectivity index (χ2v) is 13.8. The minimum Gasteiger partial charge on any atom is -0.486 e. The second kappa shape index (κ2) is 18.9. The van der Waals surface area contributed by atoms with E-state index in [1.165, 1.54) is 0 Å². The number of aliphatic hydroxyl groups excluding tert-OH is 1. The minimum atomic E-state index is -0.406. The molecule has 53 heavy (non-hydrogen) atoms. The number of anilines is 3. The molecule has 4 aromatic rings. The van der Waals surface area contributed by atoms with Crippen molar-refractivity contribution in [3.8, 4) is 17.2 Å². The van der Waals surface area contributed by atoms with Crippen LogP contribution in [0, 0.1) is 5.92 Å². The van der Waals surface area contributed by atoms with E-state index in [1.807, 2.05) is 87.6 Å². The van der Waals surface area contributed by atoms with E-state index in [0.717, 1.165) is 17.1 Å². The number of carbonyl (C=O) groups is 3. The molecule has 0 fully saturated rings. The molecular formula is C42H51N5O6. The normalized spacial score (nSPS) is 16.2. The van der Waals surface area contributed by atoms with Crippen LogP contribution < -0.4 is 25.8 Å². The van der Waals surface area contributed by atoms with E-state index in [9.17, 15) is 19.5 Å². The number of unbranched alkanes of at least 4 members (excludes halogenated alkanes) is 2. The van der Waals surface area contributed by atoms with Crippen molar-refractivity contribution in [2.45, 2.75) is 64.6 Å². The third-order valence-corrected chi connectivity index (χ3v) is 9.35. The number of nitrogens with zero attached hydrogens (tertiary/aromatic N) is 2. The van der Waals surface area contributed by atoms with Gasteiger partial charge in [0.2, 0.25) is 11.8 Å². The Labute approximate surface area is 312 Å². The maximum atomic E-state index is 13.9. The lowest BCUT2D eigenvalue weighted by Crippen LogP contribution is -2.49. The van der Waals surface area contributed by atoms with Gasteiger partial charge in [-0.15, -0.1) is 0 Å². The number of aliphatic hydroxyl groups is 1. The molecule has 11 nitrogen and oxygen atoms in total. The van der Waals surface area contributed by atoms with Gasteiger partial charge in [0.1, 0.15) is 17.6 Å². The highest BCUT2D eigenvalue weighted by atomic mass is 16.5. The van der Waals surface area contributed by atoms with Crippen molar-refractivity contribution >= 4 is 34.8 Å². The summed E-state index contributed by atoms with van der Waals surface area (Å²) in [6.07, 6.45) is 2.14. The Hall–Kier alpha value is -5.39. The van der Waals surface area contributed by atoms with E-state index >= 15 is 0 Å². The summed E-state index contributed by atoms with van der Waals surface area (Å²) < 4.78 is 12.6. The number of nitrogen functional groups attached to an aromatic ring is 1. The molecule has 1 aliphatic rings. The number of hydrogen-bond acceptors (Lipinski definition) is 8. The highest BCUT2D eigenvalue weighted by Crippen LogP contribution is 2.35. The van der Waals surface area contributed by atoms with Gasteiger partial charge >= 0.3 is 0 Å². The van der Waals surface area contributed by atoms with Crippen LogP contribution in [0.15, 0.2) is 97.1 Å². The van der Waals surface area contributed by atoms with Gasteiger partial charge in [0, 0.05) is 38.4 Å². The van der Waals surface area contributed by atoms with E-state index in [2.05, 4.69) is 15.5 Å². The van der Waals surface area contributed by atoms with Crippen molar-refractivity contribution in [3.05, 3.63) is 108 Å². The fourth-order valence-corrected chi connectivity index (χ4v) is 6.31. The molecule has 0 aromatic heterocycles.